The van der Waals surface area contributed by atoms with Gasteiger partial charge in [-0.25, -0.2) is 9.78 Å². The number of nitrogens with zero attached hydrogens (tertiary/aromatic N) is 1. The molecule has 162 valence electrons. The predicted molar refractivity (Wildman–Crippen MR) is 101 cm³/mol. The number of carboxylic acids is 1. The molecular weight excluding hydrogens is 384 g/mol. The van der Waals surface area contributed by atoms with Gasteiger partial charge in [-0.05, 0) is 5.92 Å². The van der Waals surface area contributed by atoms with Crippen molar-refractivity contribution in [1.29, 1.82) is 0 Å². The molecule has 1 rings (SSSR count). The van der Waals surface area contributed by atoms with E-state index in [2.05, 4.69) is 25.9 Å². The number of aromatic nitrogens is 2. The molecule has 1 heterocycles. The number of imidazole rings is 1. The highest BCUT2D eigenvalue weighted by Gasteiger charge is 2.31. The highest BCUT2D eigenvalue weighted by atomic mass is 16.4. The summed E-state index contributed by atoms with van der Waals surface area (Å²) < 4.78 is 0. The van der Waals surface area contributed by atoms with Crippen molar-refractivity contribution < 1.29 is 29.4 Å². The van der Waals surface area contributed by atoms with E-state index in [1.807, 2.05) is 6.92 Å². The van der Waals surface area contributed by atoms with Crippen molar-refractivity contribution in [2.24, 2.45) is 11.7 Å². The van der Waals surface area contributed by atoms with Gasteiger partial charge >= 0.3 is 5.97 Å². The fraction of sp³-hybridized carbons (Fsp3) is 0.588. The van der Waals surface area contributed by atoms with Gasteiger partial charge in [0.25, 0.3) is 0 Å². The molecule has 3 amide bonds. The molecular formula is C17H28N6O6. The Hall–Kier alpha value is -2.99. The molecule has 0 aromatic carbocycles. The Balaban J connectivity index is 2.82. The lowest BCUT2D eigenvalue weighted by atomic mass is 9.98. The summed E-state index contributed by atoms with van der Waals surface area (Å²) in [5.74, 6) is -3.65. The third-order valence-corrected chi connectivity index (χ3v) is 4.41. The van der Waals surface area contributed by atoms with E-state index >= 15 is 0 Å². The van der Waals surface area contributed by atoms with Gasteiger partial charge in [-0.15, -0.1) is 0 Å². The minimum absolute atomic E-state index is 0.0603. The molecule has 0 fully saturated rings. The number of nitrogens with one attached hydrogen (secondary N) is 4. The topological polar surface area (TPSA) is 200 Å². The summed E-state index contributed by atoms with van der Waals surface area (Å²) in [6.45, 7) is 2.49. The lowest BCUT2D eigenvalue weighted by Crippen LogP contribution is -2.58. The molecule has 0 aliphatic heterocycles. The normalized spacial score (nSPS) is 14.9. The molecule has 12 nitrogen and oxygen atoms in total. The second-order valence-corrected chi connectivity index (χ2v) is 6.56. The van der Waals surface area contributed by atoms with Crippen molar-refractivity contribution in [3.05, 3.63) is 18.2 Å². The molecule has 0 saturated carbocycles. The Bertz CT molecular complexity index is 695. The van der Waals surface area contributed by atoms with Crippen molar-refractivity contribution in [3.63, 3.8) is 0 Å². The lowest BCUT2D eigenvalue weighted by Gasteiger charge is -2.26. The second-order valence-electron chi connectivity index (χ2n) is 6.56. The molecule has 0 aliphatic carbocycles. The Morgan fingerprint density at radius 2 is 1.83 bits per heavy atom. The van der Waals surface area contributed by atoms with Gasteiger partial charge in [0.15, 0.2) is 0 Å². The second kappa shape index (κ2) is 11.8. The van der Waals surface area contributed by atoms with Gasteiger partial charge in [-0.2, -0.15) is 0 Å². The van der Waals surface area contributed by atoms with Crippen LogP contribution in [0.2, 0.25) is 0 Å². The maximum absolute atomic E-state index is 12.6. The number of aliphatic carboxylic acids is 1. The van der Waals surface area contributed by atoms with Crippen molar-refractivity contribution in [2.45, 2.75) is 44.8 Å². The average molecular weight is 412 g/mol. The third-order valence-electron chi connectivity index (χ3n) is 4.41. The fourth-order valence-corrected chi connectivity index (χ4v) is 2.48. The van der Waals surface area contributed by atoms with E-state index in [9.17, 15) is 29.4 Å². The monoisotopic (exact) mass is 412 g/mol. The largest absolute Gasteiger partial charge is 0.480 e. The molecule has 4 unspecified atom stereocenters. The zero-order chi connectivity index (χ0) is 22.0. The number of aromatic amines is 1. The molecule has 29 heavy (non-hydrogen) atoms. The zero-order valence-electron chi connectivity index (χ0n) is 16.3. The molecule has 12 heteroatoms. The molecule has 0 spiro atoms. The van der Waals surface area contributed by atoms with E-state index in [-0.39, 0.29) is 18.9 Å². The van der Waals surface area contributed by atoms with Crippen LogP contribution in [0.5, 0.6) is 0 Å². The Kier molecular flexibility index (Phi) is 9.75. The number of hydrogen-bond donors (Lipinski definition) is 7. The van der Waals surface area contributed by atoms with Crippen molar-refractivity contribution in [3.8, 4) is 0 Å². The zero-order valence-corrected chi connectivity index (χ0v) is 16.3. The van der Waals surface area contributed by atoms with Crippen LogP contribution in [0.15, 0.2) is 12.5 Å². The Morgan fingerprint density at radius 3 is 2.31 bits per heavy atom. The summed E-state index contributed by atoms with van der Waals surface area (Å²) in [4.78, 5) is 54.5. The number of nitrogens with two attached hydrogens (primary N) is 1. The molecule has 0 saturated heterocycles. The molecule has 0 bridgehead atoms. The van der Waals surface area contributed by atoms with E-state index in [4.69, 9.17) is 5.73 Å². The SMILES string of the molecule is CCC(C)C(NC(=O)CN)C(=O)NC(CO)C(=O)NC(Cc1cnc[nH]1)C(=O)O. The van der Waals surface area contributed by atoms with Gasteiger partial charge in [0.05, 0.1) is 19.5 Å². The molecule has 4 atom stereocenters. The first-order valence-electron chi connectivity index (χ1n) is 9.14. The van der Waals surface area contributed by atoms with Crippen LogP contribution in [0, 0.1) is 5.92 Å². The number of carbonyl (C=O) groups excluding carboxylic acids is 3. The van der Waals surface area contributed by atoms with Crippen LogP contribution in [-0.4, -0.2) is 75.1 Å². The molecule has 0 radical (unpaired) electrons. The number of hydrogen-bond acceptors (Lipinski definition) is 7. The third kappa shape index (κ3) is 7.50. The van der Waals surface area contributed by atoms with Crippen LogP contribution in [0.4, 0.5) is 0 Å². The van der Waals surface area contributed by atoms with Gasteiger partial charge in [-0.1, -0.05) is 20.3 Å². The smallest absolute Gasteiger partial charge is 0.326 e. The summed E-state index contributed by atoms with van der Waals surface area (Å²) in [6.07, 6.45) is 3.29. The maximum Gasteiger partial charge on any atom is 0.326 e. The van der Waals surface area contributed by atoms with Crippen LogP contribution >= 0.6 is 0 Å². The van der Waals surface area contributed by atoms with Gasteiger partial charge in [0.2, 0.25) is 17.7 Å². The lowest BCUT2D eigenvalue weighted by molar-refractivity contribution is -0.142. The van der Waals surface area contributed by atoms with Crippen LogP contribution in [-0.2, 0) is 25.6 Å². The van der Waals surface area contributed by atoms with Crippen LogP contribution in [0.3, 0.4) is 0 Å². The first-order chi connectivity index (χ1) is 13.7. The van der Waals surface area contributed by atoms with E-state index in [0.717, 1.165) is 0 Å². The summed E-state index contributed by atoms with van der Waals surface area (Å²) in [5, 5.41) is 25.9. The van der Waals surface area contributed by atoms with Gasteiger partial charge in [-0.3, -0.25) is 14.4 Å². The van der Waals surface area contributed by atoms with Crippen LogP contribution in [0.1, 0.15) is 26.0 Å². The van der Waals surface area contributed by atoms with Crippen LogP contribution in [0.25, 0.3) is 0 Å². The minimum atomic E-state index is -1.40. The van der Waals surface area contributed by atoms with E-state index in [1.165, 1.54) is 12.5 Å². The van der Waals surface area contributed by atoms with Crippen molar-refractivity contribution in [1.82, 2.24) is 25.9 Å². The Morgan fingerprint density at radius 1 is 1.17 bits per heavy atom. The van der Waals surface area contributed by atoms with Gasteiger partial charge in [0, 0.05) is 18.3 Å². The first kappa shape index (κ1) is 24.0. The maximum atomic E-state index is 12.6. The number of rotatable bonds is 12. The van der Waals surface area contributed by atoms with Crippen molar-refractivity contribution in [2.75, 3.05) is 13.2 Å². The number of carbonyl (C=O) groups is 4. The first-order valence-corrected chi connectivity index (χ1v) is 9.14. The Labute approximate surface area is 167 Å². The van der Waals surface area contributed by atoms with E-state index in [1.54, 1.807) is 6.92 Å². The number of H-pyrrole nitrogens is 1. The number of aliphatic hydroxyl groups is 1. The highest BCUT2D eigenvalue weighted by molar-refractivity contribution is 5.93. The summed E-state index contributed by atoms with van der Waals surface area (Å²) in [5.41, 5.74) is 5.76. The summed E-state index contributed by atoms with van der Waals surface area (Å²) in [6, 6.07) is -3.65. The molecule has 8 N–H and O–H groups in total. The van der Waals surface area contributed by atoms with Gasteiger partial charge < -0.3 is 36.9 Å². The number of carboxylic acid groups (broad SMARTS) is 1. The van der Waals surface area contributed by atoms with E-state index in [0.29, 0.717) is 12.1 Å². The quantitative estimate of drug-likeness (QED) is 0.195. The molecule has 0 aliphatic rings. The molecule has 1 aromatic rings. The highest BCUT2D eigenvalue weighted by Crippen LogP contribution is 2.08. The average Bonchev–Trinajstić information content (AvgIpc) is 3.21. The summed E-state index contributed by atoms with van der Waals surface area (Å²) in [7, 11) is 0. The number of amides is 3. The van der Waals surface area contributed by atoms with Gasteiger partial charge in [0.1, 0.15) is 18.1 Å². The standard InChI is InChI=1S/C17H28N6O6/c1-3-9(2)14(23-13(25)5-18)16(27)22-12(7-24)15(26)21-11(17(28)29)4-10-6-19-8-20-10/h6,8-9,11-12,14,24H,3-5,7,18H2,1-2H3,(H,19,20)(H,21,26)(H,22,27)(H,23,25)(H,28,29). The predicted octanol–water partition coefficient (Wildman–Crippen LogP) is -2.51. The minimum Gasteiger partial charge on any atom is -0.480 e. The van der Waals surface area contributed by atoms with Crippen LogP contribution < -0.4 is 21.7 Å². The van der Waals surface area contributed by atoms with Crippen molar-refractivity contribution >= 4 is 23.7 Å². The number of aliphatic hydroxyl groups excluding tert-OH is 1. The fourth-order valence-electron chi connectivity index (χ4n) is 2.48. The van der Waals surface area contributed by atoms with E-state index < -0.39 is 48.4 Å². The molecule has 1 aromatic heterocycles. The summed E-state index contributed by atoms with van der Waals surface area (Å²) >= 11 is 0.